The fourth-order valence-electron chi connectivity index (χ4n) is 4.72. The van der Waals surface area contributed by atoms with Crippen LogP contribution in [-0.2, 0) is 10.0 Å². The van der Waals surface area contributed by atoms with Crippen molar-refractivity contribution >= 4 is 26.5 Å². The van der Waals surface area contributed by atoms with Crippen molar-refractivity contribution in [3.63, 3.8) is 0 Å². The van der Waals surface area contributed by atoms with Crippen molar-refractivity contribution in [3.05, 3.63) is 71.9 Å². The SMILES string of the molecule is Cc1cccc2c(C3=CCN4CCC[C@@H]4C3)cn(S(=O)(=O)c3ccccc3)c12. The Balaban J connectivity index is 1.70. The highest BCUT2D eigenvalue weighted by molar-refractivity contribution is 7.90. The van der Waals surface area contributed by atoms with Crippen molar-refractivity contribution in [2.75, 3.05) is 13.1 Å². The maximum absolute atomic E-state index is 13.4. The molecule has 2 aliphatic rings. The van der Waals surface area contributed by atoms with Gasteiger partial charge in [-0.1, -0.05) is 42.5 Å². The summed E-state index contributed by atoms with van der Waals surface area (Å²) in [5.74, 6) is 0. The van der Waals surface area contributed by atoms with Crippen LogP contribution in [0.5, 0.6) is 0 Å². The molecule has 1 aromatic heterocycles. The summed E-state index contributed by atoms with van der Waals surface area (Å²) < 4.78 is 28.3. The van der Waals surface area contributed by atoms with E-state index in [1.807, 2.05) is 31.3 Å². The van der Waals surface area contributed by atoms with Crippen molar-refractivity contribution in [1.29, 1.82) is 0 Å². The molecule has 5 rings (SSSR count). The molecular weight excluding hydrogens is 368 g/mol. The van der Waals surface area contributed by atoms with Crippen LogP contribution in [0.25, 0.3) is 16.5 Å². The van der Waals surface area contributed by atoms with Crippen LogP contribution in [0.4, 0.5) is 0 Å². The van der Waals surface area contributed by atoms with E-state index in [2.05, 4.69) is 17.0 Å². The first-order valence-electron chi connectivity index (χ1n) is 9.90. The molecule has 0 spiro atoms. The van der Waals surface area contributed by atoms with Crippen LogP contribution in [0.3, 0.4) is 0 Å². The van der Waals surface area contributed by atoms with Gasteiger partial charge >= 0.3 is 0 Å². The molecule has 1 saturated heterocycles. The first-order valence-corrected chi connectivity index (χ1v) is 11.3. The van der Waals surface area contributed by atoms with Crippen molar-refractivity contribution in [1.82, 2.24) is 8.87 Å². The topological polar surface area (TPSA) is 42.3 Å². The van der Waals surface area contributed by atoms with E-state index in [-0.39, 0.29) is 0 Å². The predicted molar refractivity (Wildman–Crippen MR) is 113 cm³/mol. The number of hydrogen-bond donors (Lipinski definition) is 0. The van der Waals surface area contributed by atoms with Gasteiger partial charge in [-0.3, -0.25) is 4.90 Å². The maximum Gasteiger partial charge on any atom is 0.268 e. The Kier molecular flexibility index (Phi) is 4.18. The molecule has 0 N–H and O–H groups in total. The zero-order valence-electron chi connectivity index (χ0n) is 16.0. The number of benzene rings is 2. The van der Waals surface area contributed by atoms with Gasteiger partial charge in [0.2, 0.25) is 0 Å². The molecular formula is C23H24N2O2S. The van der Waals surface area contributed by atoms with Crippen LogP contribution < -0.4 is 0 Å². The lowest BCUT2D eigenvalue weighted by atomic mass is 9.93. The summed E-state index contributed by atoms with van der Waals surface area (Å²) in [6.07, 6.45) is 7.62. The van der Waals surface area contributed by atoms with E-state index >= 15 is 0 Å². The van der Waals surface area contributed by atoms with Crippen LogP contribution in [0.15, 0.2) is 65.7 Å². The monoisotopic (exact) mass is 392 g/mol. The molecule has 3 heterocycles. The van der Waals surface area contributed by atoms with Gasteiger partial charge in [-0.15, -0.1) is 0 Å². The van der Waals surface area contributed by atoms with Crippen LogP contribution in [-0.4, -0.2) is 36.4 Å². The highest BCUT2D eigenvalue weighted by atomic mass is 32.2. The Labute approximate surface area is 166 Å². The number of aromatic nitrogens is 1. The van der Waals surface area contributed by atoms with E-state index in [0.29, 0.717) is 10.9 Å². The summed E-state index contributed by atoms with van der Waals surface area (Å²) in [4.78, 5) is 2.86. The van der Waals surface area contributed by atoms with Crippen molar-refractivity contribution in [2.45, 2.75) is 37.1 Å². The molecule has 4 nitrogen and oxygen atoms in total. The fraction of sp³-hybridized carbons (Fsp3) is 0.304. The van der Waals surface area contributed by atoms with E-state index in [4.69, 9.17) is 0 Å². The average molecular weight is 393 g/mol. The highest BCUT2D eigenvalue weighted by Gasteiger charge is 2.30. The molecule has 1 atom stereocenters. The van der Waals surface area contributed by atoms with Gasteiger partial charge in [0.05, 0.1) is 10.4 Å². The van der Waals surface area contributed by atoms with E-state index in [1.165, 1.54) is 28.9 Å². The van der Waals surface area contributed by atoms with E-state index in [1.54, 1.807) is 24.3 Å². The smallest absolute Gasteiger partial charge is 0.268 e. The summed E-state index contributed by atoms with van der Waals surface area (Å²) in [5.41, 5.74) is 4.10. The Bertz CT molecular complexity index is 1180. The normalized spacial score (nSPS) is 20.3. The van der Waals surface area contributed by atoms with E-state index < -0.39 is 10.0 Å². The predicted octanol–water partition coefficient (Wildman–Crippen LogP) is 4.44. The second kappa shape index (κ2) is 6.61. The third-order valence-electron chi connectivity index (χ3n) is 6.17. The van der Waals surface area contributed by atoms with Gasteiger partial charge in [0.1, 0.15) is 0 Å². The van der Waals surface area contributed by atoms with Gasteiger partial charge in [0, 0.05) is 29.7 Å². The number of nitrogens with zero attached hydrogens (tertiary/aromatic N) is 2. The first kappa shape index (κ1) is 17.7. The Morgan fingerprint density at radius 1 is 1.04 bits per heavy atom. The zero-order valence-corrected chi connectivity index (χ0v) is 16.8. The molecule has 0 saturated carbocycles. The molecule has 28 heavy (non-hydrogen) atoms. The summed E-state index contributed by atoms with van der Waals surface area (Å²) >= 11 is 0. The van der Waals surface area contributed by atoms with Crippen LogP contribution >= 0.6 is 0 Å². The fourth-order valence-corrected chi connectivity index (χ4v) is 6.18. The summed E-state index contributed by atoms with van der Waals surface area (Å²) in [6.45, 7) is 4.12. The summed E-state index contributed by atoms with van der Waals surface area (Å²) in [5, 5.41) is 1.03. The minimum absolute atomic E-state index is 0.321. The molecule has 0 unspecified atom stereocenters. The first-order chi connectivity index (χ1) is 13.6. The van der Waals surface area contributed by atoms with Crippen molar-refractivity contribution in [2.24, 2.45) is 0 Å². The van der Waals surface area contributed by atoms with Gasteiger partial charge < -0.3 is 0 Å². The zero-order chi connectivity index (χ0) is 19.3. The highest BCUT2D eigenvalue weighted by Crippen LogP contribution is 2.38. The molecule has 144 valence electrons. The van der Waals surface area contributed by atoms with Gasteiger partial charge in [-0.25, -0.2) is 12.4 Å². The lowest BCUT2D eigenvalue weighted by Crippen LogP contribution is -2.32. The lowest BCUT2D eigenvalue weighted by Gasteiger charge is -2.29. The third kappa shape index (κ3) is 2.73. The second-order valence-electron chi connectivity index (χ2n) is 7.85. The molecule has 1 fully saturated rings. The summed E-state index contributed by atoms with van der Waals surface area (Å²) in [6, 6.07) is 15.3. The minimum Gasteiger partial charge on any atom is -0.296 e. The van der Waals surface area contributed by atoms with Crippen molar-refractivity contribution < 1.29 is 8.42 Å². The molecule has 3 aromatic rings. The largest absolute Gasteiger partial charge is 0.296 e. The number of hydrogen-bond acceptors (Lipinski definition) is 3. The second-order valence-corrected chi connectivity index (χ2v) is 9.67. The molecule has 0 radical (unpaired) electrons. The molecule has 2 aliphatic heterocycles. The lowest BCUT2D eigenvalue weighted by molar-refractivity contribution is 0.275. The molecule has 2 aromatic carbocycles. The number of para-hydroxylation sites is 1. The molecule has 0 amide bonds. The number of fused-ring (bicyclic) bond motifs is 2. The Morgan fingerprint density at radius 2 is 1.86 bits per heavy atom. The van der Waals surface area contributed by atoms with Gasteiger partial charge in [-0.2, -0.15) is 0 Å². The van der Waals surface area contributed by atoms with Crippen LogP contribution in [0, 0.1) is 6.92 Å². The minimum atomic E-state index is -3.64. The maximum atomic E-state index is 13.4. The number of aryl methyl sites for hydroxylation is 1. The van der Waals surface area contributed by atoms with Crippen molar-refractivity contribution in [3.8, 4) is 0 Å². The summed E-state index contributed by atoms with van der Waals surface area (Å²) in [7, 11) is -3.64. The Hall–Kier alpha value is -2.37. The third-order valence-corrected chi connectivity index (χ3v) is 7.84. The van der Waals surface area contributed by atoms with Gasteiger partial charge in [-0.05, 0) is 56.0 Å². The standard InChI is InChI=1S/C23H24N2O2S/c1-17-7-5-11-21-22(18-12-14-24-13-6-8-19(24)15-18)16-25(23(17)21)28(26,27)20-9-3-2-4-10-20/h2-5,7,9-12,16,19H,6,8,13-15H2,1H3/t19-/m1/s1. The van der Waals surface area contributed by atoms with E-state index in [9.17, 15) is 8.42 Å². The number of rotatable bonds is 3. The van der Waals surface area contributed by atoms with Crippen LogP contribution in [0.2, 0.25) is 0 Å². The van der Waals surface area contributed by atoms with Gasteiger partial charge in [0.25, 0.3) is 10.0 Å². The molecule has 0 aliphatic carbocycles. The van der Waals surface area contributed by atoms with Crippen LogP contribution in [0.1, 0.15) is 30.4 Å². The Morgan fingerprint density at radius 3 is 2.68 bits per heavy atom. The molecule has 5 heteroatoms. The van der Waals surface area contributed by atoms with E-state index in [0.717, 1.165) is 35.0 Å². The quantitative estimate of drug-likeness (QED) is 0.662. The average Bonchev–Trinajstić information content (AvgIpc) is 3.33. The van der Waals surface area contributed by atoms with Gasteiger partial charge in [0.15, 0.2) is 0 Å². The molecule has 0 bridgehead atoms.